The van der Waals surface area contributed by atoms with Gasteiger partial charge in [-0.15, -0.1) is 0 Å². The summed E-state index contributed by atoms with van der Waals surface area (Å²) < 4.78 is 5.30. The lowest BCUT2D eigenvalue weighted by atomic mass is 9.99. The van der Waals surface area contributed by atoms with Crippen LogP contribution in [0.4, 0.5) is 4.79 Å². The molecule has 7 nitrogen and oxygen atoms in total. The number of carboxylic acid groups (broad SMARTS) is 1. The molecule has 0 radical (unpaired) electrons. The first-order chi connectivity index (χ1) is 12.4. The highest BCUT2D eigenvalue weighted by Crippen LogP contribution is 2.20. The number of rotatable bonds is 7. The van der Waals surface area contributed by atoms with E-state index in [-0.39, 0.29) is 12.5 Å². The fourth-order valence-electron chi connectivity index (χ4n) is 2.99. The number of carbonyl (C=O) groups excluding carboxylic acids is 2. The van der Waals surface area contributed by atoms with E-state index in [1.165, 1.54) is 4.90 Å². The molecule has 1 aliphatic rings. The van der Waals surface area contributed by atoms with Gasteiger partial charge in [0.05, 0.1) is 0 Å². The third kappa shape index (κ3) is 4.97. The van der Waals surface area contributed by atoms with Gasteiger partial charge < -0.3 is 15.2 Å². The molecule has 0 bridgehead atoms. The van der Waals surface area contributed by atoms with Crippen LogP contribution in [0.3, 0.4) is 0 Å². The Morgan fingerprint density at radius 1 is 1.31 bits per heavy atom. The number of nitrogens with one attached hydrogen (secondary N) is 1. The van der Waals surface area contributed by atoms with Gasteiger partial charge in [-0.2, -0.15) is 0 Å². The third-order valence-corrected chi connectivity index (χ3v) is 4.77. The molecule has 0 unspecified atom stereocenters. The molecule has 26 heavy (non-hydrogen) atoms. The number of ether oxygens (including phenoxy) is 1. The second-order valence-corrected chi connectivity index (χ2v) is 6.60. The molecular weight excluding hydrogens is 336 g/mol. The summed E-state index contributed by atoms with van der Waals surface area (Å²) >= 11 is 0. The Hall–Kier alpha value is -2.57. The maximum absolute atomic E-state index is 12.5. The van der Waals surface area contributed by atoms with Gasteiger partial charge in [0.15, 0.2) is 0 Å². The minimum Gasteiger partial charge on any atom is -0.480 e. The van der Waals surface area contributed by atoms with E-state index in [1.807, 2.05) is 37.3 Å². The topological polar surface area (TPSA) is 95.9 Å². The zero-order valence-electron chi connectivity index (χ0n) is 15.2. The van der Waals surface area contributed by atoms with Crippen LogP contribution in [0.15, 0.2) is 30.3 Å². The first-order valence-corrected chi connectivity index (χ1v) is 8.94. The molecule has 2 rings (SSSR count). The molecule has 0 aliphatic carbocycles. The summed E-state index contributed by atoms with van der Waals surface area (Å²) in [6.07, 6.45) is 1.26. The summed E-state index contributed by atoms with van der Waals surface area (Å²) in [4.78, 5) is 37.7. The zero-order chi connectivity index (χ0) is 19.1. The quantitative estimate of drug-likeness (QED) is 0.776. The fourth-order valence-corrected chi connectivity index (χ4v) is 2.99. The molecule has 142 valence electrons. The lowest BCUT2D eigenvalue weighted by Gasteiger charge is -2.26. The Bertz CT molecular complexity index is 634. The molecule has 1 saturated heterocycles. The SMILES string of the molecule is CC[C@H](C)[C@@H](NC(=O)[C@@H]1CCCN1C(=O)OCc1ccccc1)C(=O)O. The summed E-state index contributed by atoms with van der Waals surface area (Å²) in [6.45, 7) is 4.21. The smallest absolute Gasteiger partial charge is 0.410 e. The van der Waals surface area contributed by atoms with Crippen molar-refractivity contribution in [2.24, 2.45) is 5.92 Å². The number of likely N-dealkylation sites (tertiary alicyclic amines) is 1. The van der Waals surface area contributed by atoms with E-state index >= 15 is 0 Å². The van der Waals surface area contributed by atoms with E-state index in [4.69, 9.17) is 4.74 Å². The standard InChI is InChI=1S/C19H26N2O5/c1-3-13(2)16(18(23)24)20-17(22)15-10-7-11-21(15)19(25)26-12-14-8-5-4-6-9-14/h4-6,8-9,13,15-16H,3,7,10-12H2,1-2H3,(H,20,22)(H,23,24)/t13-,15-,16+/m0/s1. The van der Waals surface area contributed by atoms with E-state index < -0.39 is 30.1 Å². The van der Waals surface area contributed by atoms with Crippen molar-refractivity contribution in [3.63, 3.8) is 0 Å². The van der Waals surface area contributed by atoms with Crippen LogP contribution >= 0.6 is 0 Å². The Balaban J connectivity index is 1.96. The van der Waals surface area contributed by atoms with Gasteiger partial charge in [-0.05, 0) is 24.3 Å². The Kier molecular flexibility index (Phi) is 7.00. The van der Waals surface area contributed by atoms with Gasteiger partial charge in [0, 0.05) is 6.54 Å². The molecule has 1 aromatic carbocycles. The van der Waals surface area contributed by atoms with Crippen molar-refractivity contribution < 1.29 is 24.2 Å². The van der Waals surface area contributed by atoms with E-state index in [1.54, 1.807) is 6.92 Å². The number of aliphatic carboxylic acids is 1. The van der Waals surface area contributed by atoms with Gasteiger partial charge >= 0.3 is 12.1 Å². The van der Waals surface area contributed by atoms with Gasteiger partial charge in [-0.1, -0.05) is 50.6 Å². The molecule has 1 heterocycles. The first kappa shape index (κ1) is 19.8. The predicted molar refractivity (Wildman–Crippen MR) is 95.4 cm³/mol. The van der Waals surface area contributed by atoms with Crippen molar-refractivity contribution in [1.82, 2.24) is 10.2 Å². The van der Waals surface area contributed by atoms with Crippen molar-refractivity contribution in [3.8, 4) is 0 Å². The molecule has 2 amide bonds. The fraction of sp³-hybridized carbons (Fsp3) is 0.526. The molecule has 1 aromatic rings. The molecule has 1 fully saturated rings. The summed E-state index contributed by atoms with van der Waals surface area (Å²) in [6, 6.07) is 7.64. The molecule has 7 heteroatoms. The molecule has 0 spiro atoms. The van der Waals surface area contributed by atoms with Crippen LogP contribution in [0.5, 0.6) is 0 Å². The Morgan fingerprint density at radius 3 is 2.62 bits per heavy atom. The Labute approximate surface area is 153 Å². The van der Waals surface area contributed by atoms with E-state index in [0.29, 0.717) is 25.8 Å². The van der Waals surface area contributed by atoms with Crippen LogP contribution in [0, 0.1) is 5.92 Å². The van der Waals surface area contributed by atoms with Crippen LogP contribution in [0.25, 0.3) is 0 Å². The first-order valence-electron chi connectivity index (χ1n) is 8.94. The second kappa shape index (κ2) is 9.22. The lowest BCUT2D eigenvalue weighted by Crippen LogP contribution is -2.52. The van der Waals surface area contributed by atoms with Crippen LogP contribution in [-0.2, 0) is 20.9 Å². The summed E-state index contributed by atoms with van der Waals surface area (Å²) in [5.41, 5.74) is 0.865. The van der Waals surface area contributed by atoms with Gasteiger partial charge in [-0.25, -0.2) is 9.59 Å². The zero-order valence-corrected chi connectivity index (χ0v) is 15.2. The normalized spacial score (nSPS) is 18.8. The molecule has 1 aliphatic heterocycles. The van der Waals surface area contributed by atoms with Crippen molar-refractivity contribution in [3.05, 3.63) is 35.9 Å². The highest BCUT2D eigenvalue weighted by atomic mass is 16.6. The van der Waals surface area contributed by atoms with Crippen molar-refractivity contribution in [2.75, 3.05) is 6.54 Å². The number of hydrogen-bond donors (Lipinski definition) is 2. The minimum absolute atomic E-state index is 0.134. The summed E-state index contributed by atoms with van der Waals surface area (Å²) in [5, 5.41) is 11.9. The van der Waals surface area contributed by atoms with Crippen molar-refractivity contribution in [1.29, 1.82) is 0 Å². The summed E-state index contributed by atoms with van der Waals surface area (Å²) in [5.74, 6) is -1.70. The van der Waals surface area contributed by atoms with Crippen LogP contribution in [0.1, 0.15) is 38.7 Å². The van der Waals surface area contributed by atoms with Crippen LogP contribution in [0.2, 0.25) is 0 Å². The number of nitrogens with zero attached hydrogens (tertiary/aromatic N) is 1. The molecule has 2 N–H and O–H groups in total. The van der Waals surface area contributed by atoms with Crippen molar-refractivity contribution >= 4 is 18.0 Å². The number of carboxylic acids is 1. The molecular formula is C19H26N2O5. The maximum Gasteiger partial charge on any atom is 0.410 e. The predicted octanol–water partition coefficient (Wildman–Crippen LogP) is 2.40. The van der Waals surface area contributed by atoms with E-state index in [2.05, 4.69) is 5.32 Å². The highest BCUT2D eigenvalue weighted by molar-refractivity contribution is 5.89. The average molecular weight is 362 g/mol. The number of amides is 2. The van der Waals surface area contributed by atoms with Gasteiger partial charge in [0.2, 0.25) is 5.91 Å². The van der Waals surface area contributed by atoms with Crippen LogP contribution < -0.4 is 5.32 Å². The largest absolute Gasteiger partial charge is 0.480 e. The number of hydrogen-bond acceptors (Lipinski definition) is 4. The van der Waals surface area contributed by atoms with Crippen molar-refractivity contribution in [2.45, 2.75) is 51.8 Å². The minimum atomic E-state index is -1.07. The molecule has 0 aromatic heterocycles. The lowest BCUT2D eigenvalue weighted by molar-refractivity contribution is -0.144. The monoisotopic (exact) mass is 362 g/mol. The third-order valence-electron chi connectivity index (χ3n) is 4.77. The van der Waals surface area contributed by atoms with Crippen LogP contribution in [-0.4, -0.2) is 46.6 Å². The van der Waals surface area contributed by atoms with Gasteiger partial charge in [-0.3, -0.25) is 9.69 Å². The molecule has 3 atom stereocenters. The van der Waals surface area contributed by atoms with Gasteiger partial charge in [0.25, 0.3) is 0 Å². The average Bonchev–Trinajstić information content (AvgIpc) is 3.14. The van der Waals surface area contributed by atoms with E-state index in [9.17, 15) is 19.5 Å². The van der Waals surface area contributed by atoms with Gasteiger partial charge in [0.1, 0.15) is 18.7 Å². The number of benzene rings is 1. The number of carbonyl (C=O) groups is 3. The maximum atomic E-state index is 12.5. The van der Waals surface area contributed by atoms with E-state index in [0.717, 1.165) is 5.56 Å². The second-order valence-electron chi connectivity index (χ2n) is 6.60. The Morgan fingerprint density at radius 2 is 2.00 bits per heavy atom. The summed E-state index contributed by atoms with van der Waals surface area (Å²) in [7, 11) is 0. The highest BCUT2D eigenvalue weighted by Gasteiger charge is 2.37. The molecule has 0 saturated carbocycles.